The summed E-state index contributed by atoms with van der Waals surface area (Å²) in [5.74, 6) is 1.51. The lowest BCUT2D eigenvalue weighted by molar-refractivity contribution is -0.134. The van der Waals surface area contributed by atoms with Gasteiger partial charge >= 0.3 is 0 Å². The highest BCUT2D eigenvalue weighted by atomic mass is 16.7. The Hall–Kier alpha value is -2.58. The highest BCUT2D eigenvalue weighted by Crippen LogP contribution is 2.47. The largest absolute Gasteiger partial charge is 0.464 e. The van der Waals surface area contributed by atoms with Gasteiger partial charge in [-0.15, -0.1) is 0 Å². The minimum atomic E-state index is -0.338. The van der Waals surface area contributed by atoms with Gasteiger partial charge in [-0.1, -0.05) is 93.8 Å². The molecule has 3 aromatic carbocycles. The molecule has 0 bridgehead atoms. The second kappa shape index (κ2) is 9.50. The average Bonchev–Trinajstić information content (AvgIpc) is 3.18. The smallest absolute Gasteiger partial charge is 0.211 e. The first kappa shape index (κ1) is 21.3. The van der Waals surface area contributed by atoms with Crippen molar-refractivity contribution in [2.45, 2.75) is 76.6 Å². The van der Waals surface area contributed by atoms with Crippen molar-refractivity contribution in [2.75, 3.05) is 0 Å². The van der Waals surface area contributed by atoms with Crippen molar-refractivity contribution < 1.29 is 9.47 Å². The number of ether oxygens (including phenoxy) is 2. The molecule has 1 fully saturated rings. The third kappa shape index (κ3) is 4.21. The van der Waals surface area contributed by atoms with E-state index >= 15 is 0 Å². The Bertz CT molecular complexity index is 1000. The minimum Gasteiger partial charge on any atom is -0.464 e. The van der Waals surface area contributed by atoms with E-state index in [2.05, 4.69) is 86.6 Å². The van der Waals surface area contributed by atoms with Crippen LogP contribution in [-0.4, -0.2) is 12.4 Å². The second-order valence-corrected chi connectivity index (χ2v) is 9.42. The summed E-state index contributed by atoms with van der Waals surface area (Å²) in [5, 5.41) is 0. The van der Waals surface area contributed by atoms with Gasteiger partial charge in [0.1, 0.15) is 5.75 Å². The highest BCUT2D eigenvalue weighted by Gasteiger charge is 2.37. The fraction of sp³-hybridized carbons (Fsp3) is 0.400. The van der Waals surface area contributed by atoms with Crippen molar-refractivity contribution in [2.24, 2.45) is 0 Å². The Kier molecular flexibility index (Phi) is 6.32. The number of rotatable bonds is 7. The second-order valence-electron chi connectivity index (χ2n) is 9.42. The lowest BCUT2D eigenvalue weighted by atomic mass is 9.94. The van der Waals surface area contributed by atoms with Gasteiger partial charge in [-0.2, -0.15) is 0 Å². The molecule has 0 radical (unpaired) electrons. The summed E-state index contributed by atoms with van der Waals surface area (Å²) >= 11 is 0. The third-order valence-corrected chi connectivity index (χ3v) is 7.32. The zero-order valence-electron chi connectivity index (χ0n) is 19.3. The standard InChI is InChI=1S/C30H34O2/c1-3-21(2)22-12-11-15-24(20-22)32-30(31-23-13-5-4-6-14-23)29-27-18-9-7-16-25(27)26-17-8-10-19-28(26)29/h7-12,15-21,23,29-30H,3-6,13-14H2,1-2H3. The summed E-state index contributed by atoms with van der Waals surface area (Å²) in [5.41, 5.74) is 6.57. The molecule has 2 unspecified atom stereocenters. The van der Waals surface area contributed by atoms with Gasteiger partial charge < -0.3 is 9.47 Å². The predicted octanol–water partition coefficient (Wildman–Crippen LogP) is 8.07. The monoisotopic (exact) mass is 426 g/mol. The molecule has 0 N–H and O–H groups in total. The van der Waals surface area contributed by atoms with Crippen LogP contribution in [0, 0.1) is 0 Å². The van der Waals surface area contributed by atoms with Crippen LogP contribution in [0.15, 0.2) is 72.8 Å². The van der Waals surface area contributed by atoms with Gasteiger partial charge in [0.15, 0.2) is 0 Å². The number of hydrogen-bond donors (Lipinski definition) is 0. The van der Waals surface area contributed by atoms with E-state index in [9.17, 15) is 0 Å². The first-order valence-electron chi connectivity index (χ1n) is 12.3. The van der Waals surface area contributed by atoms with Crippen molar-refractivity contribution in [3.05, 3.63) is 89.5 Å². The number of fused-ring (bicyclic) bond motifs is 3. The van der Waals surface area contributed by atoms with Gasteiger partial charge in [-0.05, 0) is 65.1 Å². The molecular formula is C30H34O2. The molecule has 32 heavy (non-hydrogen) atoms. The van der Waals surface area contributed by atoms with E-state index in [4.69, 9.17) is 9.47 Å². The molecule has 0 aliphatic heterocycles. The molecule has 2 nitrogen and oxygen atoms in total. The maximum Gasteiger partial charge on any atom is 0.211 e. The van der Waals surface area contributed by atoms with Crippen LogP contribution < -0.4 is 4.74 Å². The summed E-state index contributed by atoms with van der Waals surface area (Å²) in [6.07, 6.45) is 7.12. The van der Waals surface area contributed by atoms with Gasteiger partial charge in [0, 0.05) is 0 Å². The zero-order chi connectivity index (χ0) is 21.9. The Balaban J connectivity index is 1.52. The lowest BCUT2D eigenvalue weighted by Gasteiger charge is -2.32. The zero-order valence-corrected chi connectivity index (χ0v) is 19.3. The maximum absolute atomic E-state index is 6.80. The summed E-state index contributed by atoms with van der Waals surface area (Å²) in [7, 11) is 0. The molecule has 3 aromatic rings. The predicted molar refractivity (Wildman–Crippen MR) is 131 cm³/mol. The highest BCUT2D eigenvalue weighted by molar-refractivity contribution is 5.79. The van der Waals surface area contributed by atoms with Gasteiger partial charge in [-0.25, -0.2) is 0 Å². The van der Waals surface area contributed by atoms with Crippen LogP contribution in [0.2, 0.25) is 0 Å². The average molecular weight is 427 g/mol. The van der Waals surface area contributed by atoms with E-state index in [0.717, 1.165) is 25.0 Å². The first-order chi connectivity index (χ1) is 15.7. The molecule has 0 spiro atoms. The molecule has 0 heterocycles. The Labute approximate surface area is 192 Å². The van der Waals surface area contributed by atoms with Crippen molar-refractivity contribution in [3.63, 3.8) is 0 Å². The molecule has 1 saturated carbocycles. The fourth-order valence-electron chi connectivity index (χ4n) is 5.32. The van der Waals surface area contributed by atoms with Crippen LogP contribution in [0.1, 0.15) is 80.9 Å². The van der Waals surface area contributed by atoms with Crippen LogP contribution in [0.4, 0.5) is 0 Å². The van der Waals surface area contributed by atoms with E-state index in [1.165, 1.54) is 47.1 Å². The van der Waals surface area contributed by atoms with Gasteiger partial charge in [-0.3, -0.25) is 0 Å². The first-order valence-corrected chi connectivity index (χ1v) is 12.3. The Morgan fingerprint density at radius 2 is 1.47 bits per heavy atom. The molecule has 0 aromatic heterocycles. The number of hydrogen-bond acceptors (Lipinski definition) is 2. The van der Waals surface area contributed by atoms with Crippen LogP contribution in [0.5, 0.6) is 5.75 Å². The van der Waals surface area contributed by atoms with Crippen LogP contribution >= 0.6 is 0 Å². The normalized spacial score (nSPS) is 18.1. The maximum atomic E-state index is 6.80. The Morgan fingerprint density at radius 3 is 2.12 bits per heavy atom. The molecular weight excluding hydrogens is 392 g/mol. The Morgan fingerprint density at radius 1 is 0.812 bits per heavy atom. The van der Waals surface area contributed by atoms with Crippen molar-refractivity contribution in [1.29, 1.82) is 0 Å². The molecule has 2 aliphatic rings. The summed E-state index contributed by atoms with van der Waals surface area (Å²) in [4.78, 5) is 0. The van der Waals surface area contributed by atoms with Crippen LogP contribution in [-0.2, 0) is 4.74 Å². The summed E-state index contributed by atoms with van der Waals surface area (Å²) in [6.45, 7) is 4.51. The van der Waals surface area contributed by atoms with E-state index in [1.54, 1.807) is 0 Å². The van der Waals surface area contributed by atoms with Gasteiger partial charge in [0.05, 0.1) is 12.0 Å². The van der Waals surface area contributed by atoms with Crippen molar-refractivity contribution in [3.8, 4) is 16.9 Å². The van der Waals surface area contributed by atoms with Crippen molar-refractivity contribution >= 4 is 0 Å². The molecule has 2 aliphatic carbocycles. The topological polar surface area (TPSA) is 18.5 Å². The van der Waals surface area contributed by atoms with E-state index in [0.29, 0.717) is 5.92 Å². The summed E-state index contributed by atoms with van der Waals surface area (Å²) < 4.78 is 13.5. The SMILES string of the molecule is CCC(C)c1cccc(OC(OC2CCCCC2)C2c3ccccc3-c3ccccc32)c1. The molecule has 0 amide bonds. The van der Waals surface area contributed by atoms with Gasteiger partial charge in [0.2, 0.25) is 6.29 Å². The third-order valence-electron chi connectivity index (χ3n) is 7.32. The quantitative estimate of drug-likeness (QED) is 0.356. The van der Waals surface area contributed by atoms with E-state index in [1.807, 2.05) is 0 Å². The molecule has 5 rings (SSSR count). The number of benzene rings is 3. The van der Waals surface area contributed by atoms with Crippen molar-refractivity contribution in [1.82, 2.24) is 0 Å². The minimum absolute atomic E-state index is 0.0802. The lowest BCUT2D eigenvalue weighted by Crippen LogP contribution is -2.33. The molecule has 2 heteroatoms. The van der Waals surface area contributed by atoms with Crippen LogP contribution in [0.3, 0.4) is 0 Å². The fourth-order valence-corrected chi connectivity index (χ4v) is 5.32. The molecule has 166 valence electrons. The van der Waals surface area contributed by atoms with Crippen LogP contribution in [0.25, 0.3) is 11.1 Å². The van der Waals surface area contributed by atoms with E-state index in [-0.39, 0.29) is 18.3 Å². The molecule has 0 saturated heterocycles. The molecule has 2 atom stereocenters. The van der Waals surface area contributed by atoms with Gasteiger partial charge in [0.25, 0.3) is 0 Å². The van der Waals surface area contributed by atoms with E-state index < -0.39 is 0 Å². The summed E-state index contributed by atoms with van der Waals surface area (Å²) in [6, 6.07) is 26.1.